The summed E-state index contributed by atoms with van der Waals surface area (Å²) >= 11 is 1.47. The number of rotatable bonds is 4. The fourth-order valence-corrected chi connectivity index (χ4v) is 4.08. The lowest BCUT2D eigenvalue weighted by Crippen LogP contribution is -2.25. The number of carbonyl (C=O) groups excluding carboxylic acids is 1. The van der Waals surface area contributed by atoms with Crippen LogP contribution in [0.2, 0.25) is 0 Å². The van der Waals surface area contributed by atoms with Gasteiger partial charge in [0.2, 0.25) is 10.0 Å². The minimum absolute atomic E-state index is 0.0364. The molecule has 0 radical (unpaired) electrons. The highest BCUT2D eigenvalue weighted by Crippen LogP contribution is 2.16. The van der Waals surface area contributed by atoms with Gasteiger partial charge in [-0.05, 0) is 36.4 Å². The zero-order valence-corrected chi connectivity index (χ0v) is 14.4. The van der Waals surface area contributed by atoms with Crippen LogP contribution < -0.4 is 21.0 Å². The Labute approximate surface area is 146 Å². The maximum atomic E-state index is 12.2. The van der Waals surface area contributed by atoms with Gasteiger partial charge in [-0.1, -0.05) is 0 Å². The van der Waals surface area contributed by atoms with Crippen molar-refractivity contribution < 1.29 is 13.2 Å². The highest BCUT2D eigenvalue weighted by atomic mass is 32.2. The molecule has 4 rings (SSSR count). The number of nitrogens with one attached hydrogen (secondary N) is 1. The molecule has 0 saturated heterocycles. The maximum Gasteiger partial charge on any atom is 0.276 e. The Morgan fingerprint density at radius 1 is 1.12 bits per heavy atom. The van der Waals surface area contributed by atoms with Gasteiger partial charge < -0.3 is 5.32 Å². The van der Waals surface area contributed by atoms with Gasteiger partial charge >= 0.3 is 0 Å². The Balaban J connectivity index is 1.69. The summed E-state index contributed by atoms with van der Waals surface area (Å²) < 4.78 is 23.5. The zero-order chi connectivity index (χ0) is 17.6. The monoisotopic (exact) mass is 372 g/mol. The van der Waals surface area contributed by atoms with Gasteiger partial charge in [0.05, 0.1) is 26.0 Å². The molecule has 0 bridgehead atoms. The van der Waals surface area contributed by atoms with Crippen LogP contribution in [0.1, 0.15) is 0 Å². The third kappa shape index (κ3) is 2.82. The van der Waals surface area contributed by atoms with Crippen molar-refractivity contribution in [3.05, 3.63) is 52.5 Å². The number of thiazole rings is 1. The molecule has 9 heteroatoms. The Hall–Kier alpha value is -2.62. The number of primary sulfonamides is 1. The lowest BCUT2D eigenvalue weighted by atomic mass is 10.1. The normalized spacial score (nSPS) is 13.8. The van der Waals surface area contributed by atoms with Crippen LogP contribution in [-0.4, -0.2) is 25.9 Å². The number of aromatic nitrogens is 1. The molecule has 0 saturated carbocycles. The van der Waals surface area contributed by atoms with Gasteiger partial charge in [0, 0.05) is 23.0 Å². The summed E-state index contributed by atoms with van der Waals surface area (Å²) in [5.41, 5.74) is 3.83. The van der Waals surface area contributed by atoms with Crippen LogP contribution in [0.3, 0.4) is 0 Å². The Morgan fingerprint density at radius 2 is 1.88 bits per heavy atom. The number of fused-ring (bicyclic) bond motifs is 3. The van der Waals surface area contributed by atoms with Crippen LogP contribution in [-0.2, 0) is 14.8 Å². The fraction of sp³-hybridized carbons (Fsp3) is 0.0625. The molecular formula is C16H12N4O3S2. The molecule has 2 heterocycles. The van der Waals surface area contributed by atoms with E-state index in [1.54, 1.807) is 23.7 Å². The molecule has 0 unspecified atom stereocenters. The summed E-state index contributed by atoms with van der Waals surface area (Å²) in [6.07, 6.45) is 0. The van der Waals surface area contributed by atoms with Crippen LogP contribution in [0.5, 0.6) is 0 Å². The number of benzene rings is 2. The molecular weight excluding hydrogens is 360 g/mol. The van der Waals surface area contributed by atoms with E-state index in [2.05, 4.69) is 15.3 Å². The second kappa shape index (κ2) is 5.73. The fourth-order valence-electron chi connectivity index (χ4n) is 2.70. The summed E-state index contributed by atoms with van der Waals surface area (Å²) in [6, 6.07) is 9.68. The van der Waals surface area contributed by atoms with Crippen LogP contribution in [0.25, 0.3) is 15.8 Å². The first-order chi connectivity index (χ1) is 11.9. The highest BCUT2D eigenvalue weighted by Gasteiger charge is 2.19. The predicted octanol–water partition coefficient (Wildman–Crippen LogP) is 0.366. The molecule has 0 fully saturated rings. The summed E-state index contributed by atoms with van der Waals surface area (Å²) in [4.78, 5) is 20.6. The molecule has 7 nitrogen and oxygen atoms in total. The molecule has 0 aliphatic carbocycles. The van der Waals surface area contributed by atoms with Gasteiger partial charge in [0.25, 0.3) is 5.91 Å². The minimum Gasteiger partial charge on any atom is -0.381 e. The standard InChI is InChI=1S/C16H12N4O3S2/c17-25(22,23)10-3-1-9(2-4-10)18-7-11-14-12(20-16(11)21)5-6-13-15(14)24-8-19-13/h1-6,8,18H,7H2,(H2,17,22,23). The van der Waals surface area contributed by atoms with E-state index in [1.807, 2.05) is 6.07 Å². The van der Waals surface area contributed by atoms with Crippen LogP contribution in [0.4, 0.5) is 5.69 Å². The predicted molar refractivity (Wildman–Crippen MR) is 95.1 cm³/mol. The third-order valence-electron chi connectivity index (χ3n) is 3.91. The van der Waals surface area contributed by atoms with E-state index >= 15 is 0 Å². The largest absolute Gasteiger partial charge is 0.381 e. The first-order valence-electron chi connectivity index (χ1n) is 7.29. The van der Waals surface area contributed by atoms with Crippen molar-refractivity contribution in [2.45, 2.75) is 4.90 Å². The Bertz CT molecular complexity index is 1230. The van der Waals surface area contributed by atoms with Crippen molar-refractivity contribution >= 4 is 48.7 Å². The second-order valence-corrected chi connectivity index (χ2v) is 7.89. The van der Waals surface area contributed by atoms with E-state index in [-0.39, 0.29) is 17.3 Å². The Morgan fingerprint density at radius 3 is 2.60 bits per heavy atom. The molecule has 1 aliphatic rings. The number of amides is 1. The number of nitrogens with two attached hydrogens (primary N) is 1. The zero-order valence-electron chi connectivity index (χ0n) is 12.8. The maximum absolute atomic E-state index is 12.2. The molecule has 1 amide bonds. The lowest BCUT2D eigenvalue weighted by molar-refractivity contribution is -0.112. The molecule has 1 aliphatic heterocycles. The minimum atomic E-state index is -3.72. The van der Waals surface area contributed by atoms with E-state index in [1.165, 1.54) is 23.5 Å². The van der Waals surface area contributed by atoms with Crippen LogP contribution in [0.15, 0.2) is 51.8 Å². The molecule has 3 N–H and O–H groups in total. The first kappa shape index (κ1) is 15.9. The van der Waals surface area contributed by atoms with Gasteiger partial charge in [0.1, 0.15) is 0 Å². The van der Waals surface area contributed by atoms with Crippen LogP contribution in [0, 0.1) is 0 Å². The van der Waals surface area contributed by atoms with Crippen molar-refractivity contribution in [2.24, 2.45) is 10.1 Å². The molecule has 0 spiro atoms. The van der Waals surface area contributed by atoms with Crippen molar-refractivity contribution in [2.75, 3.05) is 11.9 Å². The van der Waals surface area contributed by atoms with Gasteiger partial charge in [-0.2, -0.15) is 0 Å². The first-order valence-corrected chi connectivity index (χ1v) is 9.71. The van der Waals surface area contributed by atoms with Crippen LogP contribution >= 0.6 is 11.3 Å². The summed E-state index contributed by atoms with van der Waals surface area (Å²) in [5, 5.41) is 9.68. The van der Waals surface area contributed by atoms with Gasteiger partial charge in [-0.3, -0.25) is 4.79 Å². The molecule has 1 aromatic heterocycles. The molecule has 126 valence electrons. The van der Waals surface area contributed by atoms with E-state index in [0.717, 1.165) is 15.4 Å². The van der Waals surface area contributed by atoms with E-state index in [4.69, 9.17) is 5.14 Å². The topological polar surface area (TPSA) is 115 Å². The van der Waals surface area contributed by atoms with Crippen molar-refractivity contribution in [1.82, 2.24) is 4.98 Å². The van der Waals surface area contributed by atoms with E-state index in [0.29, 0.717) is 16.6 Å². The van der Waals surface area contributed by atoms with Gasteiger partial charge in [-0.15, -0.1) is 11.3 Å². The van der Waals surface area contributed by atoms with Crippen molar-refractivity contribution in [3.8, 4) is 0 Å². The number of nitrogens with zero attached hydrogens (tertiary/aromatic N) is 2. The molecule has 25 heavy (non-hydrogen) atoms. The second-order valence-electron chi connectivity index (χ2n) is 5.48. The number of carbonyl (C=O) groups is 1. The van der Waals surface area contributed by atoms with Gasteiger partial charge in [0.15, 0.2) is 0 Å². The molecule has 3 aromatic rings. The van der Waals surface area contributed by atoms with E-state index < -0.39 is 10.0 Å². The third-order valence-corrected chi connectivity index (χ3v) is 5.70. The average molecular weight is 372 g/mol. The average Bonchev–Trinajstić information content (AvgIpc) is 3.15. The number of hydrogen-bond donors (Lipinski definition) is 2. The number of hydrogen-bond acceptors (Lipinski definition) is 6. The van der Waals surface area contributed by atoms with Crippen molar-refractivity contribution in [1.29, 1.82) is 0 Å². The van der Waals surface area contributed by atoms with Crippen molar-refractivity contribution in [3.63, 3.8) is 0 Å². The SMILES string of the molecule is NS(=O)(=O)c1ccc(NCC2=c3c(ccc4ncsc34)=NC2=O)cc1. The summed E-state index contributed by atoms with van der Waals surface area (Å²) in [7, 11) is -3.72. The number of anilines is 1. The van der Waals surface area contributed by atoms with E-state index in [9.17, 15) is 13.2 Å². The number of sulfonamides is 1. The summed E-state index contributed by atoms with van der Waals surface area (Å²) in [6.45, 7) is 0.279. The summed E-state index contributed by atoms with van der Waals surface area (Å²) in [5.74, 6) is -0.274. The Kier molecular flexibility index (Phi) is 3.64. The van der Waals surface area contributed by atoms with Gasteiger partial charge in [-0.25, -0.2) is 23.5 Å². The molecule has 0 atom stereocenters. The smallest absolute Gasteiger partial charge is 0.276 e. The highest BCUT2D eigenvalue weighted by molar-refractivity contribution is 7.89. The lowest BCUT2D eigenvalue weighted by Gasteiger charge is -2.07. The molecule has 2 aromatic carbocycles. The quantitative estimate of drug-likeness (QED) is 0.686.